The summed E-state index contributed by atoms with van der Waals surface area (Å²) in [5, 5.41) is 2.56. The van der Waals surface area contributed by atoms with Crippen LogP contribution in [-0.4, -0.2) is 35.9 Å². The molecule has 1 N–H and O–H groups in total. The summed E-state index contributed by atoms with van der Waals surface area (Å²) in [6.45, 7) is 3.02. The molecular weight excluding hydrogens is 313 g/mol. The first-order valence-electron chi connectivity index (χ1n) is 7.47. The maximum Gasteiger partial charge on any atom is 0.391 e. The molecule has 0 radical (unpaired) electrons. The fourth-order valence-corrected chi connectivity index (χ4v) is 2.42. The number of ether oxygens (including phenoxy) is 1. The van der Waals surface area contributed by atoms with Crippen LogP contribution < -0.4 is 10.9 Å². The van der Waals surface area contributed by atoms with Crippen molar-refractivity contribution >= 4 is 5.91 Å². The van der Waals surface area contributed by atoms with Crippen LogP contribution in [0.2, 0.25) is 0 Å². The number of carbonyl (C=O) groups excluding carboxylic acids is 1. The Morgan fingerprint density at radius 2 is 2.09 bits per heavy atom. The molecule has 1 aromatic rings. The van der Waals surface area contributed by atoms with Gasteiger partial charge in [0.1, 0.15) is 0 Å². The first kappa shape index (κ1) is 17.5. The summed E-state index contributed by atoms with van der Waals surface area (Å²) in [7, 11) is 0. The quantitative estimate of drug-likeness (QED) is 0.810. The highest BCUT2D eigenvalue weighted by Crippen LogP contribution is 2.41. The molecule has 0 saturated heterocycles. The Kier molecular flexibility index (Phi) is 5.46. The van der Waals surface area contributed by atoms with Gasteiger partial charge < -0.3 is 14.6 Å². The van der Waals surface area contributed by atoms with Gasteiger partial charge in [0.05, 0.1) is 18.1 Å². The molecule has 1 saturated carbocycles. The molecule has 0 bridgehead atoms. The van der Waals surface area contributed by atoms with Gasteiger partial charge in [0.2, 0.25) is 0 Å². The van der Waals surface area contributed by atoms with Crippen LogP contribution >= 0.6 is 0 Å². The van der Waals surface area contributed by atoms with Gasteiger partial charge in [-0.15, -0.1) is 0 Å². The number of hydrogen-bond acceptors (Lipinski definition) is 3. The molecule has 1 heterocycles. The minimum absolute atomic E-state index is 0.0980. The number of alkyl halides is 3. The van der Waals surface area contributed by atoms with Gasteiger partial charge in [0.15, 0.2) is 0 Å². The summed E-state index contributed by atoms with van der Waals surface area (Å²) < 4.78 is 43.8. The van der Waals surface area contributed by atoms with Gasteiger partial charge >= 0.3 is 6.18 Å². The minimum atomic E-state index is -4.20. The fraction of sp³-hybridized carbons (Fsp3) is 0.600. The van der Waals surface area contributed by atoms with E-state index in [2.05, 4.69) is 5.32 Å². The van der Waals surface area contributed by atoms with E-state index >= 15 is 0 Å². The number of carbonyl (C=O) groups is 1. The summed E-state index contributed by atoms with van der Waals surface area (Å²) in [5.41, 5.74) is -0.0152. The predicted octanol–water partition coefficient (Wildman–Crippen LogP) is 1.96. The van der Waals surface area contributed by atoms with Gasteiger partial charge in [-0.25, -0.2) is 0 Å². The molecule has 1 aromatic heterocycles. The van der Waals surface area contributed by atoms with Crippen LogP contribution in [0.15, 0.2) is 23.1 Å². The average Bonchev–Trinajstić information content (AvgIpc) is 2.43. The van der Waals surface area contributed by atoms with E-state index < -0.39 is 24.0 Å². The second kappa shape index (κ2) is 7.16. The Bertz CT molecular complexity index is 607. The van der Waals surface area contributed by atoms with E-state index in [0.717, 1.165) is 0 Å². The lowest BCUT2D eigenvalue weighted by molar-refractivity contribution is -0.198. The van der Waals surface area contributed by atoms with Crippen LogP contribution in [0.4, 0.5) is 13.2 Å². The third-order valence-electron chi connectivity index (χ3n) is 3.86. The number of aromatic nitrogens is 1. The van der Waals surface area contributed by atoms with Crippen molar-refractivity contribution in [2.24, 2.45) is 5.92 Å². The molecule has 0 aromatic carbocycles. The molecular formula is C15H19F3N2O3. The van der Waals surface area contributed by atoms with Gasteiger partial charge in [0, 0.05) is 31.5 Å². The van der Waals surface area contributed by atoms with E-state index in [1.54, 1.807) is 0 Å². The van der Waals surface area contributed by atoms with Crippen LogP contribution in [0.5, 0.6) is 0 Å². The van der Waals surface area contributed by atoms with Crippen LogP contribution in [0, 0.1) is 5.92 Å². The van der Waals surface area contributed by atoms with Gasteiger partial charge in [-0.05, 0) is 25.8 Å². The molecule has 0 atom stereocenters. The van der Waals surface area contributed by atoms with Gasteiger partial charge in [0.25, 0.3) is 11.5 Å². The van der Waals surface area contributed by atoms with Gasteiger partial charge in [-0.2, -0.15) is 13.2 Å². The maximum absolute atomic E-state index is 12.4. The van der Waals surface area contributed by atoms with Crippen molar-refractivity contribution in [2.75, 3.05) is 13.2 Å². The smallest absolute Gasteiger partial charge is 0.380 e. The van der Waals surface area contributed by atoms with E-state index in [-0.39, 0.29) is 24.0 Å². The van der Waals surface area contributed by atoms with E-state index in [4.69, 9.17) is 4.74 Å². The molecule has 1 fully saturated rings. The van der Waals surface area contributed by atoms with E-state index in [0.29, 0.717) is 19.8 Å². The van der Waals surface area contributed by atoms with Crippen LogP contribution in [0.25, 0.3) is 0 Å². The number of amides is 1. The molecule has 23 heavy (non-hydrogen) atoms. The molecule has 0 unspecified atom stereocenters. The fourth-order valence-electron chi connectivity index (χ4n) is 2.42. The van der Waals surface area contributed by atoms with E-state index in [9.17, 15) is 22.8 Å². The van der Waals surface area contributed by atoms with Crippen LogP contribution in [0.3, 0.4) is 0 Å². The first-order chi connectivity index (χ1) is 10.8. The van der Waals surface area contributed by atoms with Crippen molar-refractivity contribution in [1.29, 1.82) is 0 Å². The third kappa shape index (κ3) is 4.57. The Morgan fingerprint density at radius 1 is 1.39 bits per heavy atom. The lowest BCUT2D eigenvalue weighted by Gasteiger charge is -2.36. The predicted molar refractivity (Wildman–Crippen MR) is 77.2 cm³/mol. The molecule has 8 heteroatoms. The first-order valence-corrected chi connectivity index (χ1v) is 7.47. The Morgan fingerprint density at radius 3 is 2.70 bits per heavy atom. The molecule has 0 spiro atoms. The molecule has 1 aliphatic rings. The zero-order valence-electron chi connectivity index (χ0n) is 12.7. The number of nitrogens with zero attached hydrogens (tertiary/aromatic N) is 1. The molecule has 1 aliphatic carbocycles. The van der Waals surface area contributed by atoms with Crippen molar-refractivity contribution in [1.82, 2.24) is 9.88 Å². The Labute approximate surface area is 131 Å². The van der Waals surface area contributed by atoms with Gasteiger partial charge in [-0.3, -0.25) is 9.59 Å². The number of rotatable bonds is 6. The monoisotopic (exact) mass is 332 g/mol. The lowest BCUT2D eigenvalue weighted by atomic mass is 9.79. The molecule has 128 valence electrons. The standard InChI is InChI=1S/C15H19F3N2O3/c1-2-23-6-5-20-9-10(3-4-13(20)21)14(22)19-12-7-11(8-12)15(16,17)18/h3-4,9,11-12H,2,5-8H2,1H3,(H,19,22). The molecule has 5 nitrogen and oxygen atoms in total. The molecule has 1 amide bonds. The highest BCUT2D eigenvalue weighted by atomic mass is 19.4. The molecule has 2 rings (SSSR count). The number of nitrogens with one attached hydrogen (secondary N) is 1. The normalized spacial score (nSPS) is 20.9. The Hall–Kier alpha value is -1.83. The summed E-state index contributed by atoms with van der Waals surface area (Å²) in [5.74, 6) is -1.81. The third-order valence-corrected chi connectivity index (χ3v) is 3.86. The maximum atomic E-state index is 12.4. The van der Waals surface area contributed by atoms with Crippen molar-refractivity contribution in [3.8, 4) is 0 Å². The SMILES string of the molecule is CCOCCn1cc(C(=O)NC2CC(C(F)(F)F)C2)ccc1=O. The van der Waals surface area contributed by atoms with Crippen LogP contribution in [0.1, 0.15) is 30.1 Å². The second-order valence-electron chi connectivity index (χ2n) is 5.53. The zero-order valence-corrected chi connectivity index (χ0v) is 12.7. The number of pyridine rings is 1. The molecule has 0 aliphatic heterocycles. The van der Waals surface area contributed by atoms with Gasteiger partial charge in [-0.1, -0.05) is 0 Å². The highest BCUT2D eigenvalue weighted by molar-refractivity contribution is 5.94. The minimum Gasteiger partial charge on any atom is -0.380 e. The van der Waals surface area contributed by atoms with Crippen molar-refractivity contribution in [2.45, 2.75) is 38.5 Å². The zero-order chi connectivity index (χ0) is 17.0. The van der Waals surface area contributed by atoms with Crippen molar-refractivity contribution in [3.63, 3.8) is 0 Å². The van der Waals surface area contributed by atoms with Crippen LogP contribution in [-0.2, 0) is 11.3 Å². The van der Waals surface area contributed by atoms with E-state index in [1.807, 2.05) is 6.92 Å². The van der Waals surface area contributed by atoms with Crippen molar-refractivity contribution < 1.29 is 22.7 Å². The summed E-state index contributed by atoms with van der Waals surface area (Å²) in [6, 6.07) is 2.16. The number of hydrogen-bond donors (Lipinski definition) is 1. The lowest BCUT2D eigenvalue weighted by Crippen LogP contribution is -2.49. The number of halogens is 3. The summed E-state index contributed by atoms with van der Waals surface area (Å²) in [6.07, 6.45) is -3.00. The summed E-state index contributed by atoms with van der Waals surface area (Å²) in [4.78, 5) is 23.7. The van der Waals surface area contributed by atoms with E-state index in [1.165, 1.54) is 22.9 Å². The highest BCUT2D eigenvalue weighted by Gasteiger charge is 2.48. The largest absolute Gasteiger partial charge is 0.391 e. The van der Waals surface area contributed by atoms with Crippen molar-refractivity contribution in [3.05, 3.63) is 34.2 Å². The summed E-state index contributed by atoms with van der Waals surface area (Å²) >= 11 is 0. The average molecular weight is 332 g/mol. The topological polar surface area (TPSA) is 60.3 Å². The second-order valence-corrected chi connectivity index (χ2v) is 5.53. The Balaban J connectivity index is 1.93.